The summed E-state index contributed by atoms with van der Waals surface area (Å²) in [5.41, 5.74) is 6.78. The van der Waals surface area contributed by atoms with Crippen molar-refractivity contribution in [3.63, 3.8) is 0 Å². The summed E-state index contributed by atoms with van der Waals surface area (Å²) in [5.74, 6) is 0.297. The summed E-state index contributed by atoms with van der Waals surface area (Å²) < 4.78 is 13.4. The number of thioether (sulfide) groups is 1. The average Bonchev–Trinajstić information content (AvgIpc) is 2.46. The van der Waals surface area contributed by atoms with Crippen LogP contribution in [0.15, 0.2) is 52.6 Å². The number of nitrogens with two attached hydrogens (primary N) is 1. The van der Waals surface area contributed by atoms with E-state index in [-0.39, 0.29) is 11.7 Å². The molecule has 4 nitrogen and oxygen atoms in total. The maximum atomic E-state index is 13.4. The number of benzene rings is 1. The van der Waals surface area contributed by atoms with Gasteiger partial charge in [-0.25, -0.2) is 4.39 Å². The zero-order valence-electron chi connectivity index (χ0n) is 9.95. The molecule has 0 spiro atoms. The quantitative estimate of drug-likeness (QED) is 0.296. The summed E-state index contributed by atoms with van der Waals surface area (Å²) in [7, 11) is 0. The Morgan fingerprint density at radius 1 is 1.37 bits per heavy atom. The highest BCUT2D eigenvalue weighted by Gasteiger charge is 2.05. The van der Waals surface area contributed by atoms with Crippen LogP contribution in [0.5, 0.6) is 0 Å². The second kappa shape index (κ2) is 6.19. The van der Waals surface area contributed by atoms with Crippen molar-refractivity contribution in [2.45, 2.75) is 10.6 Å². The third kappa shape index (κ3) is 3.45. The second-order valence-electron chi connectivity index (χ2n) is 3.75. The van der Waals surface area contributed by atoms with E-state index in [1.165, 1.54) is 17.8 Å². The lowest BCUT2D eigenvalue weighted by Crippen LogP contribution is -2.15. The van der Waals surface area contributed by atoms with E-state index in [9.17, 15) is 4.39 Å². The molecule has 6 heteroatoms. The van der Waals surface area contributed by atoms with Gasteiger partial charge in [-0.2, -0.15) is 0 Å². The summed E-state index contributed by atoms with van der Waals surface area (Å²) in [4.78, 5) is 4.57. The van der Waals surface area contributed by atoms with Crippen LogP contribution >= 0.6 is 11.8 Å². The minimum Gasteiger partial charge on any atom is -0.409 e. The minimum absolute atomic E-state index is 0.0438. The highest BCUT2D eigenvalue weighted by Crippen LogP contribution is 2.25. The first kappa shape index (κ1) is 13.4. The van der Waals surface area contributed by atoms with E-state index in [4.69, 9.17) is 10.9 Å². The van der Waals surface area contributed by atoms with Crippen LogP contribution in [0.3, 0.4) is 0 Å². The Balaban J connectivity index is 2.10. The molecule has 0 aliphatic heterocycles. The molecule has 0 unspecified atom stereocenters. The van der Waals surface area contributed by atoms with Crippen molar-refractivity contribution in [3.05, 3.63) is 59.7 Å². The van der Waals surface area contributed by atoms with Gasteiger partial charge >= 0.3 is 0 Å². The van der Waals surface area contributed by atoms with Gasteiger partial charge in [0.1, 0.15) is 11.5 Å². The van der Waals surface area contributed by atoms with Crippen LogP contribution < -0.4 is 5.73 Å². The van der Waals surface area contributed by atoms with Crippen molar-refractivity contribution in [2.75, 3.05) is 0 Å². The van der Waals surface area contributed by atoms with E-state index in [2.05, 4.69) is 10.1 Å². The van der Waals surface area contributed by atoms with Crippen molar-refractivity contribution >= 4 is 17.6 Å². The molecule has 0 atom stereocenters. The normalized spacial score (nSPS) is 11.5. The average molecular weight is 277 g/mol. The highest BCUT2D eigenvalue weighted by molar-refractivity contribution is 7.98. The predicted octanol–water partition coefficient (Wildman–Crippen LogP) is 2.61. The molecule has 0 bridgehead atoms. The van der Waals surface area contributed by atoms with Crippen LogP contribution in [0.25, 0.3) is 0 Å². The highest BCUT2D eigenvalue weighted by atomic mass is 32.2. The van der Waals surface area contributed by atoms with Gasteiger partial charge in [-0.05, 0) is 29.8 Å². The number of amidine groups is 1. The summed E-state index contributed by atoms with van der Waals surface area (Å²) in [6.45, 7) is 0. The monoisotopic (exact) mass is 277 g/mol. The SMILES string of the molecule is NC(=NO)c1cc(CSc2ccccc2F)ccn1. The van der Waals surface area contributed by atoms with Gasteiger partial charge in [0.2, 0.25) is 0 Å². The number of oxime groups is 1. The van der Waals surface area contributed by atoms with Crippen LogP contribution in [-0.2, 0) is 5.75 Å². The molecule has 0 aliphatic carbocycles. The van der Waals surface area contributed by atoms with E-state index in [0.717, 1.165) is 5.56 Å². The molecule has 1 aromatic heterocycles. The molecular weight excluding hydrogens is 265 g/mol. The third-order valence-corrected chi connectivity index (χ3v) is 3.55. The maximum Gasteiger partial charge on any atom is 0.188 e. The second-order valence-corrected chi connectivity index (χ2v) is 4.77. The molecule has 1 heterocycles. The lowest BCUT2D eigenvalue weighted by Gasteiger charge is -2.04. The van der Waals surface area contributed by atoms with Crippen LogP contribution in [0.1, 0.15) is 11.3 Å². The summed E-state index contributed by atoms with van der Waals surface area (Å²) in [6.07, 6.45) is 1.57. The maximum absolute atomic E-state index is 13.4. The third-order valence-electron chi connectivity index (χ3n) is 2.43. The Morgan fingerprint density at radius 2 is 2.16 bits per heavy atom. The molecule has 0 saturated carbocycles. The van der Waals surface area contributed by atoms with Gasteiger partial charge in [0.05, 0.1) is 0 Å². The van der Waals surface area contributed by atoms with Gasteiger partial charge in [-0.15, -0.1) is 11.8 Å². The van der Waals surface area contributed by atoms with Crippen LogP contribution in [0.4, 0.5) is 4.39 Å². The van der Waals surface area contributed by atoms with Crippen molar-refractivity contribution in [2.24, 2.45) is 10.9 Å². The van der Waals surface area contributed by atoms with E-state index >= 15 is 0 Å². The zero-order valence-corrected chi connectivity index (χ0v) is 10.8. The fourth-order valence-electron chi connectivity index (χ4n) is 1.48. The van der Waals surface area contributed by atoms with Crippen LogP contribution in [0.2, 0.25) is 0 Å². The molecule has 98 valence electrons. The van der Waals surface area contributed by atoms with Crippen LogP contribution in [-0.4, -0.2) is 16.0 Å². The van der Waals surface area contributed by atoms with Gasteiger partial charge in [-0.3, -0.25) is 4.98 Å². The van der Waals surface area contributed by atoms with Gasteiger partial charge in [-0.1, -0.05) is 17.3 Å². The molecule has 2 aromatic rings. The van der Waals surface area contributed by atoms with E-state index in [0.29, 0.717) is 16.3 Å². The van der Waals surface area contributed by atoms with Crippen molar-refractivity contribution < 1.29 is 9.60 Å². The van der Waals surface area contributed by atoms with E-state index in [1.54, 1.807) is 30.5 Å². The minimum atomic E-state index is -0.238. The summed E-state index contributed by atoms with van der Waals surface area (Å²) >= 11 is 1.38. The standard InChI is InChI=1S/C13H12FN3OS/c14-10-3-1-2-4-12(10)19-8-9-5-6-16-11(7-9)13(15)17-18/h1-7,18H,8H2,(H2,15,17). The molecule has 2 rings (SSSR count). The first-order valence-electron chi connectivity index (χ1n) is 5.51. The predicted molar refractivity (Wildman–Crippen MR) is 72.7 cm³/mol. The van der Waals surface area contributed by atoms with Gasteiger partial charge in [0, 0.05) is 16.8 Å². The molecule has 0 aliphatic rings. The number of pyridine rings is 1. The Morgan fingerprint density at radius 3 is 2.89 bits per heavy atom. The smallest absolute Gasteiger partial charge is 0.188 e. The van der Waals surface area contributed by atoms with E-state index in [1.807, 2.05) is 6.07 Å². The summed E-state index contributed by atoms with van der Waals surface area (Å²) in [5, 5.41) is 11.5. The number of aromatic nitrogens is 1. The first-order chi connectivity index (χ1) is 9.20. The lowest BCUT2D eigenvalue weighted by atomic mass is 10.2. The van der Waals surface area contributed by atoms with Crippen molar-refractivity contribution in [1.82, 2.24) is 4.98 Å². The van der Waals surface area contributed by atoms with Gasteiger partial charge in [0.15, 0.2) is 5.84 Å². The lowest BCUT2D eigenvalue weighted by molar-refractivity contribution is 0.318. The van der Waals surface area contributed by atoms with Gasteiger partial charge < -0.3 is 10.9 Å². The largest absolute Gasteiger partial charge is 0.409 e. The fourth-order valence-corrected chi connectivity index (χ4v) is 2.36. The van der Waals surface area contributed by atoms with Crippen molar-refractivity contribution in [1.29, 1.82) is 0 Å². The van der Waals surface area contributed by atoms with Crippen molar-refractivity contribution in [3.8, 4) is 0 Å². The first-order valence-corrected chi connectivity index (χ1v) is 6.49. The molecular formula is C13H12FN3OS. The van der Waals surface area contributed by atoms with Crippen LogP contribution in [0, 0.1) is 5.82 Å². The zero-order chi connectivity index (χ0) is 13.7. The number of hydrogen-bond acceptors (Lipinski definition) is 4. The molecule has 0 saturated heterocycles. The Hall–Kier alpha value is -2.08. The molecule has 19 heavy (non-hydrogen) atoms. The van der Waals surface area contributed by atoms with E-state index < -0.39 is 0 Å². The molecule has 3 N–H and O–H groups in total. The number of halogens is 1. The number of nitrogens with zero attached hydrogens (tertiary/aromatic N) is 2. The Labute approximate surface area is 114 Å². The molecule has 0 fully saturated rings. The number of hydrogen-bond donors (Lipinski definition) is 2. The molecule has 0 radical (unpaired) electrons. The Bertz CT molecular complexity index is 604. The fraction of sp³-hybridized carbons (Fsp3) is 0.0769. The Kier molecular flexibility index (Phi) is 4.35. The summed E-state index contributed by atoms with van der Waals surface area (Å²) in [6, 6.07) is 10.1. The topological polar surface area (TPSA) is 71.5 Å². The molecule has 1 aromatic carbocycles. The number of rotatable bonds is 4. The van der Waals surface area contributed by atoms with Gasteiger partial charge in [0.25, 0.3) is 0 Å². The molecule has 0 amide bonds.